The smallest absolute Gasteiger partial charge is 0.445 e. The summed E-state index contributed by atoms with van der Waals surface area (Å²) < 4.78 is 17.8. The highest BCUT2D eigenvalue weighted by molar-refractivity contribution is 6.62. The van der Waals surface area contributed by atoms with E-state index >= 15 is 0 Å². The van der Waals surface area contributed by atoms with Gasteiger partial charge in [0.1, 0.15) is 12.4 Å². The van der Waals surface area contributed by atoms with Crippen LogP contribution in [-0.4, -0.2) is 45.8 Å². The largest absolute Gasteiger partial charge is 0.494 e. The highest BCUT2D eigenvalue weighted by Gasteiger charge is 2.51. The van der Waals surface area contributed by atoms with Crippen LogP contribution in [0, 0.1) is 0 Å². The third kappa shape index (κ3) is 5.77. The minimum Gasteiger partial charge on any atom is -0.445 e. The van der Waals surface area contributed by atoms with Crippen molar-refractivity contribution in [3.8, 4) is 11.3 Å². The average Bonchev–Trinajstić information content (AvgIpc) is 3.39. The number of H-pyrrole nitrogens is 1. The van der Waals surface area contributed by atoms with Crippen molar-refractivity contribution < 1.29 is 18.8 Å². The fourth-order valence-electron chi connectivity index (χ4n) is 3.88. The summed E-state index contributed by atoms with van der Waals surface area (Å²) in [6.07, 6.45) is 2.27. The molecule has 1 fully saturated rings. The maximum Gasteiger partial charge on any atom is 0.494 e. The second-order valence-electron chi connectivity index (χ2n) is 9.92. The van der Waals surface area contributed by atoms with Crippen LogP contribution in [0.3, 0.4) is 0 Å². The molecule has 2 heterocycles. The van der Waals surface area contributed by atoms with Crippen molar-refractivity contribution in [2.45, 2.75) is 65.4 Å². The first-order chi connectivity index (χ1) is 16.7. The first-order valence-corrected chi connectivity index (χ1v) is 12.1. The molecule has 0 aliphatic carbocycles. The number of carbonyl (C=O) groups excluding carboxylic acids is 1. The number of nitrogens with zero attached hydrogens (tertiary/aromatic N) is 2. The number of benzene rings is 2. The molecule has 0 saturated carbocycles. The van der Waals surface area contributed by atoms with E-state index in [0.717, 1.165) is 28.7 Å². The topological polar surface area (TPSA) is 76.7 Å². The van der Waals surface area contributed by atoms with Gasteiger partial charge in [-0.25, -0.2) is 9.78 Å². The van der Waals surface area contributed by atoms with E-state index in [4.69, 9.17) is 14.0 Å². The summed E-state index contributed by atoms with van der Waals surface area (Å²) >= 11 is 0. The van der Waals surface area contributed by atoms with E-state index in [1.54, 1.807) is 11.1 Å². The SMILES string of the molecule is CCCN(Cc1ncc(-c2ccc(B3OC(C)(C)C(C)(C)O3)cc2)[nH]1)C(=O)OCc1ccccc1. The number of nitrogens with one attached hydrogen (secondary N) is 1. The molecule has 1 aromatic heterocycles. The first kappa shape index (κ1) is 25.0. The maximum absolute atomic E-state index is 12.7. The summed E-state index contributed by atoms with van der Waals surface area (Å²) in [6.45, 7) is 11.4. The normalized spacial score (nSPS) is 16.3. The van der Waals surface area contributed by atoms with Gasteiger partial charge in [-0.1, -0.05) is 61.5 Å². The van der Waals surface area contributed by atoms with Gasteiger partial charge in [-0.15, -0.1) is 0 Å². The Balaban J connectivity index is 1.39. The van der Waals surface area contributed by atoms with Crippen molar-refractivity contribution >= 4 is 18.7 Å². The fraction of sp³-hybridized carbons (Fsp3) is 0.407. The van der Waals surface area contributed by atoms with Gasteiger partial charge in [0.25, 0.3) is 0 Å². The number of hydrogen-bond acceptors (Lipinski definition) is 5. The fourth-order valence-corrected chi connectivity index (χ4v) is 3.88. The van der Waals surface area contributed by atoms with E-state index in [0.29, 0.717) is 18.9 Å². The molecule has 1 aliphatic heterocycles. The number of hydrogen-bond donors (Lipinski definition) is 1. The molecular weight excluding hydrogens is 441 g/mol. The van der Waals surface area contributed by atoms with Gasteiger partial charge in [0.15, 0.2) is 0 Å². The lowest BCUT2D eigenvalue weighted by atomic mass is 9.79. The van der Waals surface area contributed by atoms with E-state index in [1.807, 2.05) is 89.2 Å². The Morgan fingerprint density at radius 2 is 1.69 bits per heavy atom. The van der Waals surface area contributed by atoms with Gasteiger partial charge >= 0.3 is 13.2 Å². The van der Waals surface area contributed by atoms with Gasteiger partial charge in [0, 0.05) is 6.54 Å². The van der Waals surface area contributed by atoms with Gasteiger partial charge in [-0.3, -0.25) is 0 Å². The van der Waals surface area contributed by atoms with E-state index < -0.39 is 7.12 Å². The molecule has 0 unspecified atom stereocenters. The molecule has 1 aliphatic rings. The van der Waals surface area contributed by atoms with Crippen LogP contribution in [0.2, 0.25) is 0 Å². The summed E-state index contributed by atoms with van der Waals surface area (Å²) in [5.74, 6) is 0.708. The van der Waals surface area contributed by atoms with Crippen LogP contribution >= 0.6 is 0 Å². The summed E-state index contributed by atoms with van der Waals surface area (Å²) in [5, 5.41) is 0. The third-order valence-electron chi connectivity index (χ3n) is 6.67. The van der Waals surface area contributed by atoms with Crippen LogP contribution in [0.4, 0.5) is 4.79 Å². The van der Waals surface area contributed by atoms with E-state index in [2.05, 4.69) is 9.97 Å². The van der Waals surface area contributed by atoms with Gasteiger partial charge in [-0.05, 0) is 50.7 Å². The molecule has 7 nitrogen and oxygen atoms in total. The van der Waals surface area contributed by atoms with Crippen LogP contribution in [-0.2, 0) is 27.2 Å². The first-order valence-electron chi connectivity index (χ1n) is 12.1. The van der Waals surface area contributed by atoms with Crippen LogP contribution in [0.1, 0.15) is 52.4 Å². The maximum atomic E-state index is 12.7. The lowest BCUT2D eigenvalue weighted by Gasteiger charge is -2.32. The highest BCUT2D eigenvalue weighted by Crippen LogP contribution is 2.36. The van der Waals surface area contributed by atoms with Crippen LogP contribution in [0.25, 0.3) is 11.3 Å². The Kier molecular flexibility index (Phi) is 7.33. The summed E-state index contributed by atoms with van der Waals surface area (Å²) in [4.78, 5) is 22.2. The zero-order chi connectivity index (χ0) is 25.1. The molecule has 8 heteroatoms. The van der Waals surface area contributed by atoms with Crippen molar-refractivity contribution in [1.82, 2.24) is 14.9 Å². The molecule has 35 heavy (non-hydrogen) atoms. The highest BCUT2D eigenvalue weighted by atomic mass is 16.7. The van der Waals surface area contributed by atoms with Crippen LogP contribution in [0.15, 0.2) is 60.8 Å². The predicted octanol–water partition coefficient (Wildman–Crippen LogP) is 4.92. The Labute approximate surface area is 208 Å². The molecule has 0 radical (unpaired) electrons. The van der Waals surface area contributed by atoms with Crippen molar-refractivity contribution in [3.05, 3.63) is 72.2 Å². The van der Waals surface area contributed by atoms with Crippen molar-refractivity contribution in [3.63, 3.8) is 0 Å². The standard InChI is InChI=1S/C27H34BN3O4/c1-6-16-31(25(32)33-19-20-10-8-7-9-11-20)18-24-29-17-23(30-24)21-12-14-22(15-13-21)28-34-26(2,3)27(4,5)35-28/h7-15,17H,6,16,18-19H2,1-5H3,(H,29,30). The number of rotatable bonds is 8. The second-order valence-corrected chi connectivity index (χ2v) is 9.92. The Morgan fingerprint density at radius 3 is 2.31 bits per heavy atom. The van der Waals surface area contributed by atoms with E-state index in [1.165, 1.54) is 0 Å². The zero-order valence-corrected chi connectivity index (χ0v) is 21.2. The molecule has 1 N–H and O–H groups in total. The van der Waals surface area contributed by atoms with Crippen LogP contribution < -0.4 is 5.46 Å². The average molecular weight is 475 g/mol. The lowest BCUT2D eigenvalue weighted by molar-refractivity contribution is 0.00578. The molecule has 1 saturated heterocycles. The lowest BCUT2D eigenvalue weighted by Crippen LogP contribution is -2.41. The van der Waals surface area contributed by atoms with E-state index in [9.17, 15) is 4.79 Å². The Bertz CT molecular complexity index is 1110. The van der Waals surface area contributed by atoms with Crippen LogP contribution in [0.5, 0.6) is 0 Å². The van der Waals surface area contributed by atoms with Gasteiger partial charge < -0.3 is 23.9 Å². The van der Waals surface area contributed by atoms with E-state index in [-0.39, 0.29) is 23.9 Å². The molecular formula is C27H34BN3O4. The minimum absolute atomic E-state index is 0.248. The monoisotopic (exact) mass is 475 g/mol. The number of ether oxygens (including phenoxy) is 1. The molecule has 0 spiro atoms. The number of aromatic nitrogens is 2. The predicted molar refractivity (Wildman–Crippen MR) is 137 cm³/mol. The Morgan fingerprint density at radius 1 is 1.03 bits per heavy atom. The molecule has 0 bridgehead atoms. The summed E-state index contributed by atoms with van der Waals surface area (Å²) in [5.41, 5.74) is 3.07. The molecule has 3 aromatic rings. The van der Waals surface area contributed by atoms with Crippen molar-refractivity contribution in [2.75, 3.05) is 6.54 Å². The number of imidazole rings is 1. The number of amides is 1. The molecule has 1 amide bonds. The van der Waals surface area contributed by atoms with Gasteiger partial charge in [0.05, 0.1) is 29.6 Å². The third-order valence-corrected chi connectivity index (χ3v) is 6.67. The van der Waals surface area contributed by atoms with Gasteiger partial charge in [-0.2, -0.15) is 0 Å². The quantitative estimate of drug-likeness (QED) is 0.468. The Hall–Kier alpha value is -3.10. The number of carbonyl (C=O) groups is 1. The molecule has 2 aromatic carbocycles. The second kappa shape index (κ2) is 10.3. The summed E-state index contributed by atoms with van der Waals surface area (Å²) in [7, 11) is -0.393. The van der Waals surface area contributed by atoms with Gasteiger partial charge in [0.2, 0.25) is 0 Å². The molecule has 184 valence electrons. The molecule has 0 atom stereocenters. The van der Waals surface area contributed by atoms with Crippen molar-refractivity contribution in [2.24, 2.45) is 0 Å². The zero-order valence-electron chi connectivity index (χ0n) is 21.2. The number of aromatic amines is 1. The van der Waals surface area contributed by atoms with Crippen molar-refractivity contribution in [1.29, 1.82) is 0 Å². The minimum atomic E-state index is -0.393. The summed E-state index contributed by atoms with van der Waals surface area (Å²) in [6, 6.07) is 17.8. The molecule has 4 rings (SSSR count).